The van der Waals surface area contributed by atoms with E-state index in [0.29, 0.717) is 41.1 Å². The molecule has 1 N–H and O–H groups in total. The summed E-state index contributed by atoms with van der Waals surface area (Å²) < 4.78 is 46.0. The summed E-state index contributed by atoms with van der Waals surface area (Å²) in [6.07, 6.45) is -0.207. The predicted molar refractivity (Wildman–Crippen MR) is 104 cm³/mol. The molecule has 6 nitrogen and oxygen atoms in total. The number of halogens is 3. The first kappa shape index (κ1) is 19.9. The Morgan fingerprint density at radius 1 is 1.23 bits per heavy atom. The first-order chi connectivity index (χ1) is 14.4. The van der Waals surface area contributed by atoms with Gasteiger partial charge in [0.1, 0.15) is 18.0 Å². The van der Waals surface area contributed by atoms with E-state index in [9.17, 15) is 18.4 Å². The normalized spacial score (nSPS) is 15.6. The number of fused-ring (bicyclic) bond motifs is 1. The molecule has 0 spiro atoms. The van der Waals surface area contributed by atoms with Crippen molar-refractivity contribution in [2.24, 2.45) is 0 Å². The van der Waals surface area contributed by atoms with Crippen LogP contribution in [0.15, 0.2) is 30.6 Å². The van der Waals surface area contributed by atoms with Crippen molar-refractivity contribution in [3.63, 3.8) is 0 Å². The quantitative estimate of drug-likeness (QED) is 0.623. The lowest BCUT2D eigenvalue weighted by Crippen LogP contribution is -2.13. The number of nitriles is 1. The molecule has 4 rings (SSSR count). The Labute approximate surface area is 170 Å². The molecule has 0 radical (unpaired) electrons. The van der Waals surface area contributed by atoms with Gasteiger partial charge in [0.15, 0.2) is 5.65 Å². The minimum absolute atomic E-state index is 0.0944. The lowest BCUT2D eigenvalue weighted by Gasteiger charge is -2.19. The fourth-order valence-corrected chi connectivity index (χ4v) is 3.50. The van der Waals surface area contributed by atoms with Crippen LogP contribution in [0, 0.1) is 17.1 Å². The second-order valence-corrected chi connectivity index (χ2v) is 7.25. The summed E-state index contributed by atoms with van der Waals surface area (Å²) in [6, 6.07) is 7.33. The molecule has 3 aromatic rings. The maximum atomic E-state index is 14.5. The Kier molecular flexibility index (Phi) is 4.94. The van der Waals surface area contributed by atoms with Crippen molar-refractivity contribution >= 4 is 16.9 Å². The summed E-state index contributed by atoms with van der Waals surface area (Å²) in [4.78, 5) is 12.8. The van der Waals surface area contributed by atoms with Gasteiger partial charge in [-0.05, 0) is 25.8 Å². The van der Waals surface area contributed by atoms with Gasteiger partial charge in [0.05, 0.1) is 35.6 Å². The van der Waals surface area contributed by atoms with Gasteiger partial charge >= 0.3 is 0 Å². The summed E-state index contributed by atoms with van der Waals surface area (Å²) >= 11 is 0. The van der Waals surface area contributed by atoms with Gasteiger partial charge in [0.2, 0.25) is 5.88 Å². The number of ether oxygens (including phenoxy) is 1. The van der Waals surface area contributed by atoms with E-state index in [4.69, 9.17) is 4.74 Å². The third-order valence-corrected chi connectivity index (χ3v) is 5.38. The average Bonchev–Trinajstić information content (AvgIpc) is 3.54. The third-order valence-electron chi connectivity index (χ3n) is 5.38. The molecule has 0 unspecified atom stereocenters. The molecule has 1 saturated carbocycles. The van der Waals surface area contributed by atoms with Gasteiger partial charge in [-0.2, -0.15) is 10.2 Å². The number of aromatic nitrogens is 3. The van der Waals surface area contributed by atoms with Crippen LogP contribution in [0.4, 0.5) is 19.0 Å². The molecule has 2 aromatic heterocycles. The van der Waals surface area contributed by atoms with Gasteiger partial charge in [-0.15, -0.1) is 0 Å². The van der Waals surface area contributed by atoms with Gasteiger partial charge in [0.25, 0.3) is 6.43 Å². The molecule has 0 amide bonds. The van der Waals surface area contributed by atoms with E-state index < -0.39 is 29.3 Å². The summed E-state index contributed by atoms with van der Waals surface area (Å²) in [5, 5.41) is 13.2. The van der Waals surface area contributed by atoms with E-state index in [1.54, 1.807) is 13.0 Å². The number of benzene rings is 1. The maximum Gasteiger partial charge on any atom is 0.266 e. The molecule has 9 heteroatoms. The predicted octanol–water partition coefficient (Wildman–Crippen LogP) is 4.84. The number of rotatable bonds is 6. The van der Waals surface area contributed by atoms with Crippen LogP contribution in [0.3, 0.4) is 0 Å². The Morgan fingerprint density at radius 3 is 2.60 bits per heavy atom. The van der Waals surface area contributed by atoms with Crippen molar-refractivity contribution < 1.29 is 17.9 Å². The summed E-state index contributed by atoms with van der Waals surface area (Å²) in [6.45, 7) is 1.65. The molecule has 1 atom stereocenters. The minimum atomic E-state index is -2.91. The van der Waals surface area contributed by atoms with E-state index in [2.05, 4.69) is 26.3 Å². The highest BCUT2D eigenvalue weighted by molar-refractivity contribution is 5.88. The zero-order chi connectivity index (χ0) is 21.5. The van der Waals surface area contributed by atoms with Crippen LogP contribution in [-0.2, 0) is 5.41 Å². The van der Waals surface area contributed by atoms with Gasteiger partial charge in [0, 0.05) is 11.1 Å². The second kappa shape index (κ2) is 7.44. The molecule has 30 heavy (non-hydrogen) atoms. The largest absolute Gasteiger partial charge is 0.481 e. The van der Waals surface area contributed by atoms with Crippen molar-refractivity contribution in [2.45, 2.75) is 37.6 Å². The fraction of sp³-hybridized carbons (Fsp3) is 0.333. The van der Waals surface area contributed by atoms with Crippen molar-refractivity contribution in [3.8, 4) is 11.9 Å². The summed E-state index contributed by atoms with van der Waals surface area (Å²) in [5.74, 6) is -0.262. The smallest absolute Gasteiger partial charge is 0.266 e. The molecule has 1 aliphatic carbocycles. The number of nitrogens with one attached hydrogen (secondary N) is 1. The van der Waals surface area contributed by atoms with Gasteiger partial charge in [-0.3, -0.25) is 0 Å². The van der Waals surface area contributed by atoms with E-state index in [0.717, 1.165) is 6.07 Å². The lowest BCUT2D eigenvalue weighted by atomic mass is 9.97. The first-order valence-corrected chi connectivity index (χ1v) is 9.34. The van der Waals surface area contributed by atoms with Gasteiger partial charge in [-0.1, -0.05) is 18.2 Å². The zero-order valence-electron chi connectivity index (χ0n) is 16.3. The lowest BCUT2D eigenvalue weighted by molar-refractivity contribution is 0.146. The second-order valence-electron chi connectivity index (χ2n) is 7.25. The Hall–Kier alpha value is -3.41. The number of alkyl halides is 2. The van der Waals surface area contributed by atoms with Crippen LogP contribution < -0.4 is 10.1 Å². The highest BCUT2D eigenvalue weighted by atomic mass is 19.3. The fourth-order valence-electron chi connectivity index (χ4n) is 3.50. The van der Waals surface area contributed by atoms with Crippen molar-refractivity contribution in [2.75, 3.05) is 12.4 Å². The number of hydrogen-bond donors (Lipinski definition) is 1. The minimum Gasteiger partial charge on any atom is -0.481 e. The van der Waals surface area contributed by atoms with Crippen LogP contribution in [0.25, 0.3) is 11.0 Å². The van der Waals surface area contributed by atoms with Crippen LogP contribution >= 0.6 is 0 Å². The Balaban J connectivity index is 1.76. The number of methoxy groups -OCH3 is 1. The van der Waals surface area contributed by atoms with Crippen LogP contribution in [0.1, 0.15) is 48.9 Å². The highest BCUT2D eigenvalue weighted by Crippen LogP contribution is 2.51. The molecular weight excluding hydrogens is 395 g/mol. The standard InChI is InChI=1S/C21H18F3N5O/c1-11(12-4-3-5-13(16(12)22)17(23)24)28-18-14-8-15(21(9-25)6-7-21)20(30-2)29-19(14)27-10-26-18/h3-5,8,10-11,17H,6-7H2,1-2H3,(H,26,27,28,29)/t11-/m1/s1. The highest BCUT2D eigenvalue weighted by Gasteiger charge is 2.47. The Morgan fingerprint density at radius 2 is 1.97 bits per heavy atom. The monoisotopic (exact) mass is 413 g/mol. The molecule has 2 heterocycles. The van der Waals surface area contributed by atoms with Crippen LogP contribution in [0.5, 0.6) is 5.88 Å². The SMILES string of the molecule is COc1nc2ncnc(N[C@H](C)c3cccc(C(F)F)c3F)c2cc1C1(C#N)CC1. The van der Waals surface area contributed by atoms with Crippen molar-refractivity contribution in [3.05, 3.63) is 53.1 Å². The number of pyridine rings is 1. The first-order valence-electron chi connectivity index (χ1n) is 9.34. The topological polar surface area (TPSA) is 83.7 Å². The van der Waals surface area contributed by atoms with Crippen LogP contribution in [0.2, 0.25) is 0 Å². The van der Waals surface area contributed by atoms with Crippen LogP contribution in [-0.4, -0.2) is 22.1 Å². The number of hydrogen-bond acceptors (Lipinski definition) is 6. The number of nitrogens with zero attached hydrogens (tertiary/aromatic N) is 4. The van der Waals surface area contributed by atoms with Crippen molar-refractivity contribution in [1.29, 1.82) is 5.26 Å². The molecule has 1 aliphatic rings. The number of anilines is 1. The molecule has 0 aliphatic heterocycles. The molecule has 1 aromatic carbocycles. The molecular formula is C21H18F3N5O. The van der Waals surface area contributed by atoms with E-state index >= 15 is 0 Å². The average molecular weight is 413 g/mol. The molecule has 0 saturated heterocycles. The summed E-state index contributed by atoms with van der Waals surface area (Å²) in [7, 11) is 1.48. The third kappa shape index (κ3) is 3.28. The van der Waals surface area contributed by atoms with Gasteiger partial charge in [-0.25, -0.2) is 23.1 Å². The molecule has 0 bridgehead atoms. The van der Waals surface area contributed by atoms with E-state index in [1.807, 2.05) is 0 Å². The molecule has 154 valence electrons. The van der Waals surface area contributed by atoms with E-state index in [-0.39, 0.29) is 5.56 Å². The molecule has 1 fully saturated rings. The summed E-state index contributed by atoms with van der Waals surface area (Å²) in [5.41, 5.74) is -0.209. The van der Waals surface area contributed by atoms with Crippen molar-refractivity contribution in [1.82, 2.24) is 15.0 Å². The maximum absolute atomic E-state index is 14.5. The van der Waals surface area contributed by atoms with Gasteiger partial charge < -0.3 is 10.1 Å². The van der Waals surface area contributed by atoms with E-state index in [1.165, 1.54) is 25.6 Å². The zero-order valence-corrected chi connectivity index (χ0v) is 16.3. The Bertz CT molecular complexity index is 1160.